The van der Waals surface area contributed by atoms with Crippen molar-refractivity contribution in [1.29, 1.82) is 0 Å². The molecule has 1 saturated carbocycles. The van der Waals surface area contributed by atoms with Crippen LogP contribution in [0, 0.1) is 5.92 Å². The fraction of sp³-hybridized carbons (Fsp3) is 0.900. The Morgan fingerprint density at radius 1 is 1.38 bits per heavy atom. The van der Waals surface area contributed by atoms with Gasteiger partial charge in [0.25, 0.3) is 0 Å². The molecule has 2 N–H and O–H groups in total. The van der Waals surface area contributed by atoms with Gasteiger partial charge < -0.3 is 10.6 Å². The predicted molar refractivity (Wildman–Crippen MR) is 51.4 cm³/mol. The van der Waals surface area contributed by atoms with Gasteiger partial charge in [-0.25, -0.2) is 0 Å². The van der Waals surface area contributed by atoms with Gasteiger partial charge in [-0.15, -0.1) is 0 Å². The normalized spacial score (nSPS) is 34.2. The van der Waals surface area contributed by atoms with Crippen LogP contribution in [0.5, 0.6) is 0 Å². The molecule has 2 aliphatic rings. The maximum Gasteiger partial charge on any atom is 0.224 e. The van der Waals surface area contributed by atoms with Crippen LogP contribution in [-0.2, 0) is 4.79 Å². The van der Waals surface area contributed by atoms with Gasteiger partial charge in [0.15, 0.2) is 0 Å². The number of carbonyl (C=O) groups excluding carboxylic acids is 1. The fourth-order valence-electron chi connectivity index (χ4n) is 1.94. The van der Waals surface area contributed by atoms with Crippen molar-refractivity contribution in [3.8, 4) is 0 Å². The zero-order valence-corrected chi connectivity index (χ0v) is 8.18. The van der Waals surface area contributed by atoms with E-state index in [4.69, 9.17) is 0 Å². The summed E-state index contributed by atoms with van der Waals surface area (Å²) in [4.78, 5) is 11.7. The van der Waals surface area contributed by atoms with Crippen molar-refractivity contribution in [2.75, 3.05) is 6.54 Å². The van der Waals surface area contributed by atoms with Gasteiger partial charge in [-0.1, -0.05) is 0 Å². The largest absolute Gasteiger partial charge is 0.353 e. The van der Waals surface area contributed by atoms with E-state index < -0.39 is 0 Å². The molecule has 1 aliphatic heterocycles. The topological polar surface area (TPSA) is 41.1 Å². The van der Waals surface area contributed by atoms with E-state index in [9.17, 15) is 4.79 Å². The number of hydrogen-bond acceptors (Lipinski definition) is 2. The number of piperidine rings is 1. The Kier molecular flexibility index (Phi) is 2.54. The van der Waals surface area contributed by atoms with E-state index in [1.165, 1.54) is 12.8 Å². The number of amides is 1. The molecule has 2 fully saturated rings. The van der Waals surface area contributed by atoms with E-state index in [2.05, 4.69) is 17.6 Å². The third-order valence-corrected chi connectivity index (χ3v) is 3.02. The van der Waals surface area contributed by atoms with Crippen molar-refractivity contribution in [1.82, 2.24) is 10.6 Å². The Morgan fingerprint density at radius 2 is 2.15 bits per heavy atom. The molecule has 3 heteroatoms. The average Bonchev–Trinajstić information content (AvgIpc) is 2.89. The second-order valence-electron chi connectivity index (χ2n) is 4.27. The summed E-state index contributed by atoms with van der Waals surface area (Å²) < 4.78 is 0. The molecule has 2 atom stereocenters. The standard InChI is InChI=1S/C10H18N2O/c1-7-9(3-2-6-11-7)10(13)12-8-4-5-8/h7-9,11H,2-6H2,1H3,(H,12,13)/t7-,9+/m0/s1. The van der Waals surface area contributed by atoms with Gasteiger partial charge in [-0.2, -0.15) is 0 Å². The first kappa shape index (κ1) is 9.00. The molecule has 74 valence electrons. The SMILES string of the molecule is C[C@@H]1NCCC[C@H]1C(=O)NC1CC1. The lowest BCUT2D eigenvalue weighted by Gasteiger charge is -2.28. The summed E-state index contributed by atoms with van der Waals surface area (Å²) in [6.45, 7) is 3.17. The molecule has 1 aliphatic carbocycles. The minimum absolute atomic E-state index is 0.203. The maximum atomic E-state index is 11.7. The first-order valence-electron chi connectivity index (χ1n) is 5.31. The van der Waals surface area contributed by atoms with Gasteiger partial charge >= 0.3 is 0 Å². The van der Waals surface area contributed by atoms with E-state index >= 15 is 0 Å². The molecule has 1 saturated heterocycles. The van der Waals surface area contributed by atoms with Gasteiger partial charge in [0.2, 0.25) is 5.91 Å². The Balaban J connectivity index is 1.85. The second-order valence-corrected chi connectivity index (χ2v) is 4.27. The first-order valence-corrected chi connectivity index (χ1v) is 5.31. The summed E-state index contributed by atoms with van der Waals surface area (Å²) in [5.74, 6) is 0.469. The molecule has 1 heterocycles. The van der Waals surface area contributed by atoms with Crippen LogP contribution in [0.15, 0.2) is 0 Å². The maximum absolute atomic E-state index is 11.7. The molecule has 1 amide bonds. The number of nitrogens with one attached hydrogen (secondary N) is 2. The van der Waals surface area contributed by atoms with Crippen LogP contribution in [0.25, 0.3) is 0 Å². The minimum atomic E-state index is 0.203. The van der Waals surface area contributed by atoms with Crippen LogP contribution in [0.3, 0.4) is 0 Å². The lowest BCUT2D eigenvalue weighted by Crippen LogP contribution is -2.47. The molecular formula is C10H18N2O. The Bertz CT molecular complexity index is 201. The quantitative estimate of drug-likeness (QED) is 0.658. The molecule has 0 aromatic rings. The van der Waals surface area contributed by atoms with Crippen molar-refractivity contribution < 1.29 is 4.79 Å². The van der Waals surface area contributed by atoms with E-state index in [-0.39, 0.29) is 11.8 Å². The fourth-order valence-corrected chi connectivity index (χ4v) is 1.94. The first-order chi connectivity index (χ1) is 6.27. The molecule has 0 aromatic carbocycles. The van der Waals surface area contributed by atoms with E-state index in [1.807, 2.05) is 0 Å². The zero-order valence-electron chi connectivity index (χ0n) is 8.18. The third kappa shape index (κ3) is 2.21. The van der Waals surface area contributed by atoms with Crippen molar-refractivity contribution in [3.63, 3.8) is 0 Å². The predicted octanol–water partition coefficient (Wildman–Crippen LogP) is 0.653. The van der Waals surface area contributed by atoms with Gasteiger partial charge in [0.1, 0.15) is 0 Å². The molecule has 0 radical (unpaired) electrons. The molecule has 0 unspecified atom stereocenters. The van der Waals surface area contributed by atoms with Gasteiger partial charge in [0.05, 0.1) is 5.92 Å². The smallest absolute Gasteiger partial charge is 0.224 e. The van der Waals surface area contributed by atoms with Crippen molar-refractivity contribution in [2.24, 2.45) is 5.92 Å². The third-order valence-electron chi connectivity index (χ3n) is 3.02. The molecule has 2 rings (SSSR count). The molecule has 0 bridgehead atoms. The lowest BCUT2D eigenvalue weighted by atomic mass is 9.91. The van der Waals surface area contributed by atoms with Crippen molar-refractivity contribution in [2.45, 2.75) is 44.7 Å². The summed E-state index contributed by atoms with van der Waals surface area (Å²) in [7, 11) is 0. The van der Waals surface area contributed by atoms with E-state index in [0.29, 0.717) is 12.1 Å². The highest BCUT2D eigenvalue weighted by Crippen LogP contribution is 2.22. The highest BCUT2D eigenvalue weighted by Gasteiger charge is 2.31. The van der Waals surface area contributed by atoms with Crippen molar-refractivity contribution >= 4 is 5.91 Å². The summed E-state index contributed by atoms with van der Waals surface area (Å²) in [6, 6.07) is 0.856. The Labute approximate surface area is 79.3 Å². The zero-order chi connectivity index (χ0) is 9.26. The summed E-state index contributed by atoms with van der Waals surface area (Å²) >= 11 is 0. The lowest BCUT2D eigenvalue weighted by molar-refractivity contribution is -0.126. The van der Waals surface area contributed by atoms with Crippen LogP contribution in [0.4, 0.5) is 0 Å². The minimum Gasteiger partial charge on any atom is -0.353 e. The monoisotopic (exact) mass is 182 g/mol. The van der Waals surface area contributed by atoms with Gasteiger partial charge in [0, 0.05) is 12.1 Å². The van der Waals surface area contributed by atoms with Gasteiger partial charge in [-0.3, -0.25) is 4.79 Å². The van der Waals surface area contributed by atoms with Gasteiger partial charge in [-0.05, 0) is 39.2 Å². The molecule has 3 nitrogen and oxygen atoms in total. The van der Waals surface area contributed by atoms with Crippen LogP contribution in [-0.4, -0.2) is 24.5 Å². The highest BCUT2D eigenvalue weighted by molar-refractivity contribution is 5.80. The van der Waals surface area contributed by atoms with Crippen LogP contribution in [0.2, 0.25) is 0 Å². The van der Waals surface area contributed by atoms with E-state index in [0.717, 1.165) is 19.4 Å². The van der Waals surface area contributed by atoms with E-state index in [1.54, 1.807) is 0 Å². The number of carbonyl (C=O) groups is 1. The van der Waals surface area contributed by atoms with Crippen molar-refractivity contribution in [3.05, 3.63) is 0 Å². The van der Waals surface area contributed by atoms with Crippen LogP contribution >= 0.6 is 0 Å². The Morgan fingerprint density at radius 3 is 2.77 bits per heavy atom. The molecule has 13 heavy (non-hydrogen) atoms. The highest BCUT2D eigenvalue weighted by atomic mass is 16.2. The second kappa shape index (κ2) is 3.66. The summed E-state index contributed by atoms with van der Waals surface area (Å²) in [5, 5.41) is 6.42. The summed E-state index contributed by atoms with van der Waals surface area (Å²) in [6.07, 6.45) is 4.54. The molecule has 0 spiro atoms. The number of rotatable bonds is 2. The Hall–Kier alpha value is -0.570. The summed E-state index contributed by atoms with van der Waals surface area (Å²) in [5.41, 5.74) is 0. The molecular weight excluding hydrogens is 164 g/mol. The van der Waals surface area contributed by atoms with Crippen LogP contribution < -0.4 is 10.6 Å². The average molecular weight is 182 g/mol. The molecule has 0 aromatic heterocycles. The number of hydrogen-bond donors (Lipinski definition) is 2. The van der Waals surface area contributed by atoms with Crippen LogP contribution in [0.1, 0.15) is 32.6 Å².